The van der Waals surface area contributed by atoms with Crippen molar-refractivity contribution >= 4 is 11.3 Å². The van der Waals surface area contributed by atoms with Crippen LogP contribution in [0, 0.1) is 6.92 Å². The van der Waals surface area contributed by atoms with Crippen LogP contribution < -0.4 is 5.73 Å². The van der Waals surface area contributed by atoms with Gasteiger partial charge in [-0.3, -0.25) is 0 Å². The van der Waals surface area contributed by atoms with Crippen molar-refractivity contribution < 1.29 is 0 Å². The molecule has 2 heterocycles. The number of nitrogens with zero attached hydrogens (tertiary/aromatic N) is 4. The molecule has 0 saturated heterocycles. The lowest BCUT2D eigenvalue weighted by atomic mass is 10.3. The lowest BCUT2D eigenvalue weighted by Gasteiger charge is -2.10. The lowest BCUT2D eigenvalue weighted by molar-refractivity contribution is 0.586. The van der Waals surface area contributed by atoms with E-state index in [1.807, 2.05) is 19.2 Å². The van der Waals surface area contributed by atoms with Crippen molar-refractivity contribution in [1.29, 1.82) is 0 Å². The van der Waals surface area contributed by atoms with E-state index in [1.54, 1.807) is 11.3 Å². The third-order valence-corrected chi connectivity index (χ3v) is 3.57. The Morgan fingerprint density at radius 3 is 2.53 bits per heavy atom. The van der Waals surface area contributed by atoms with Crippen molar-refractivity contribution in [1.82, 2.24) is 19.7 Å². The van der Waals surface area contributed by atoms with Crippen molar-refractivity contribution in [2.45, 2.75) is 39.8 Å². The number of hydrogen-bond donors (Lipinski definition) is 1. The lowest BCUT2D eigenvalue weighted by Crippen LogP contribution is -2.06. The van der Waals surface area contributed by atoms with Gasteiger partial charge in [0.2, 0.25) is 0 Å². The minimum atomic E-state index is -0.0368. The molecule has 6 heteroatoms. The fraction of sp³-hybridized carbons (Fsp3) is 0.545. The smallest absolute Gasteiger partial charge is 0.183 e. The van der Waals surface area contributed by atoms with Gasteiger partial charge >= 0.3 is 0 Å². The van der Waals surface area contributed by atoms with Crippen molar-refractivity contribution in [3.63, 3.8) is 0 Å². The van der Waals surface area contributed by atoms with Gasteiger partial charge in [0.25, 0.3) is 0 Å². The first-order valence-corrected chi connectivity index (χ1v) is 6.51. The van der Waals surface area contributed by atoms with Gasteiger partial charge in [0.15, 0.2) is 5.82 Å². The van der Waals surface area contributed by atoms with Crippen LogP contribution in [0.25, 0.3) is 11.5 Å². The van der Waals surface area contributed by atoms with Gasteiger partial charge in [0, 0.05) is 11.4 Å². The normalized spacial score (nSPS) is 13.3. The van der Waals surface area contributed by atoms with E-state index >= 15 is 0 Å². The molecule has 0 radical (unpaired) electrons. The number of hydrogen-bond acceptors (Lipinski definition) is 5. The Morgan fingerprint density at radius 1 is 1.29 bits per heavy atom. The van der Waals surface area contributed by atoms with E-state index in [2.05, 4.69) is 33.6 Å². The average molecular weight is 251 g/mol. The standard InChI is InChI=1S/C11H17N5S/c1-6(2)16-8(4)14-15-10(16)9-5-17-11(13-9)7(3)12/h5-7H,12H2,1-4H3. The average Bonchev–Trinajstić information content (AvgIpc) is 2.82. The summed E-state index contributed by atoms with van der Waals surface area (Å²) in [6.07, 6.45) is 0. The zero-order chi connectivity index (χ0) is 12.6. The van der Waals surface area contributed by atoms with Crippen LogP contribution in [0.1, 0.15) is 43.7 Å². The SMILES string of the molecule is Cc1nnc(-c2csc(C(C)N)n2)n1C(C)C. The summed E-state index contributed by atoms with van der Waals surface area (Å²) < 4.78 is 2.08. The third kappa shape index (κ3) is 2.23. The summed E-state index contributed by atoms with van der Waals surface area (Å²) in [5.74, 6) is 1.73. The maximum atomic E-state index is 5.81. The number of thiazole rings is 1. The van der Waals surface area contributed by atoms with Gasteiger partial charge in [0.05, 0.1) is 6.04 Å². The molecule has 1 atom stereocenters. The van der Waals surface area contributed by atoms with Crippen LogP contribution in [-0.2, 0) is 0 Å². The van der Waals surface area contributed by atoms with Crippen LogP contribution in [-0.4, -0.2) is 19.7 Å². The predicted molar refractivity (Wildman–Crippen MR) is 68.9 cm³/mol. The first-order valence-electron chi connectivity index (χ1n) is 5.63. The van der Waals surface area contributed by atoms with Gasteiger partial charge in [-0.05, 0) is 27.7 Å². The van der Waals surface area contributed by atoms with E-state index in [9.17, 15) is 0 Å². The van der Waals surface area contributed by atoms with Crippen LogP contribution >= 0.6 is 11.3 Å². The molecule has 0 aromatic carbocycles. The summed E-state index contributed by atoms with van der Waals surface area (Å²) in [6.45, 7) is 8.10. The fourth-order valence-electron chi connectivity index (χ4n) is 1.76. The van der Waals surface area contributed by atoms with Gasteiger partial charge in [0.1, 0.15) is 16.5 Å². The molecule has 0 aliphatic carbocycles. The van der Waals surface area contributed by atoms with Gasteiger partial charge in [-0.15, -0.1) is 21.5 Å². The Kier molecular flexibility index (Phi) is 3.26. The fourth-order valence-corrected chi connectivity index (χ4v) is 2.52. The molecule has 2 N–H and O–H groups in total. The summed E-state index contributed by atoms with van der Waals surface area (Å²) in [5.41, 5.74) is 6.67. The van der Waals surface area contributed by atoms with Crippen LogP contribution in [0.15, 0.2) is 5.38 Å². The highest BCUT2D eigenvalue weighted by Crippen LogP contribution is 2.25. The first-order chi connectivity index (χ1) is 8.00. The molecule has 2 rings (SSSR count). The summed E-state index contributed by atoms with van der Waals surface area (Å²) in [5, 5.41) is 11.2. The van der Waals surface area contributed by atoms with Crippen molar-refractivity contribution in [3.8, 4) is 11.5 Å². The van der Waals surface area contributed by atoms with E-state index in [0.717, 1.165) is 22.4 Å². The molecule has 17 heavy (non-hydrogen) atoms. The second kappa shape index (κ2) is 4.54. The molecule has 0 saturated carbocycles. The molecule has 0 bridgehead atoms. The quantitative estimate of drug-likeness (QED) is 0.908. The van der Waals surface area contributed by atoms with Crippen molar-refractivity contribution in [3.05, 3.63) is 16.2 Å². The zero-order valence-electron chi connectivity index (χ0n) is 10.5. The van der Waals surface area contributed by atoms with Gasteiger partial charge in [-0.2, -0.15) is 0 Å². The molecular weight excluding hydrogens is 234 g/mol. The van der Waals surface area contributed by atoms with E-state index in [-0.39, 0.29) is 6.04 Å². The zero-order valence-corrected chi connectivity index (χ0v) is 11.3. The van der Waals surface area contributed by atoms with Gasteiger partial charge < -0.3 is 10.3 Å². The molecule has 0 spiro atoms. The van der Waals surface area contributed by atoms with Gasteiger partial charge in [-0.1, -0.05) is 0 Å². The highest BCUT2D eigenvalue weighted by molar-refractivity contribution is 7.10. The highest BCUT2D eigenvalue weighted by atomic mass is 32.1. The third-order valence-electron chi connectivity index (χ3n) is 2.52. The Morgan fingerprint density at radius 2 is 2.00 bits per heavy atom. The van der Waals surface area contributed by atoms with E-state index in [0.29, 0.717) is 6.04 Å². The minimum Gasteiger partial charge on any atom is -0.322 e. The number of rotatable bonds is 3. The molecule has 5 nitrogen and oxygen atoms in total. The van der Waals surface area contributed by atoms with Crippen LogP contribution in [0.4, 0.5) is 0 Å². The molecule has 0 fully saturated rings. The minimum absolute atomic E-state index is 0.0368. The molecular formula is C11H17N5S. The van der Waals surface area contributed by atoms with Crippen molar-refractivity contribution in [2.24, 2.45) is 5.73 Å². The Bertz CT molecular complexity index is 512. The molecule has 0 aliphatic rings. The second-order valence-corrected chi connectivity index (χ2v) is 5.28. The predicted octanol–water partition coefficient (Wildman–Crippen LogP) is 2.31. The molecule has 0 amide bonds. The summed E-state index contributed by atoms with van der Waals surface area (Å²) in [4.78, 5) is 4.51. The summed E-state index contributed by atoms with van der Waals surface area (Å²) in [7, 11) is 0. The molecule has 1 unspecified atom stereocenters. The molecule has 92 valence electrons. The van der Waals surface area contributed by atoms with E-state index in [4.69, 9.17) is 5.73 Å². The molecule has 2 aromatic rings. The Labute approximate surface area is 105 Å². The number of nitrogens with two attached hydrogens (primary N) is 1. The number of aryl methyl sites for hydroxylation is 1. The van der Waals surface area contributed by atoms with Gasteiger partial charge in [-0.25, -0.2) is 4.98 Å². The maximum Gasteiger partial charge on any atom is 0.183 e. The Hall–Kier alpha value is -1.27. The van der Waals surface area contributed by atoms with E-state index in [1.165, 1.54) is 0 Å². The first kappa shape index (κ1) is 12.2. The number of aromatic nitrogens is 4. The highest BCUT2D eigenvalue weighted by Gasteiger charge is 2.16. The van der Waals surface area contributed by atoms with Crippen LogP contribution in [0.2, 0.25) is 0 Å². The summed E-state index contributed by atoms with van der Waals surface area (Å²) in [6, 6.07) is 0.283. The maximum absolute atomic E-state index is 5.81. The topological polar surface area (TPSA) is 69.6 Å². The Balaban J connectivity index is 2.45. The molecule has 2 aromatic heterocycles. The van der Waals surface area contributed by atoms with Crippen LogP contribution in [0.3, 0.4) is 0 Å². The monoisotopic (exact) mass is 251 g/mol. The summed E-state index contributed by atoms with van der Waals surface area (Å²) >= 11 is 1.56. The second-order valence-electron chi connectivity index (χ2n) is 4.39. The van der Waals surface area contributed by atoms with Crippen molar-refractivity contribution in [2.75, 3.05) is 0 Å². The van der Waals surface area contributed by atoms with Crippen LogP contribution in [0.5, 0.6) is 0 Å². The largest absolute Gasteiger partial charge is 0.322 e. The molecule has 0 aliphatic heterocycles. The van der Waals surface area contributed by atoms with E-state index < -0.39 is 0 Å².